The zero-order chi connectivity index (χ0) is 11.4. The predicted molar refractivity (Wildman–Crippen MR) is 65.6 cm³/mol. The summed E-state index contributed by atoms with van der Waals surface area (Å²) in [6.45, 7) is 0. The van der Waals surface area contributed by atoms with E-state index in [9.17, 15) is 5.11 Å². The minimum absolute atomic E-state index is 0.151. The number of thioether (sulfide) groups is 1. The average molecular weight is 240 g/mol. The predicted octanol–water partition coefficient (Wildman–Crippen LogP) is 2.68. The standard InChI is InChI=1S/C12H16O3S/c1-14-11-4-2-3-10(13)12(11)15-9-5-7-16-8-6-9/h2-4,9,13H,5-8H2,1H3. The summed E-state index contributed by atoms with van der Waals surface area (Å²) in [7, 11) is 1.58. The van der Waals surface area contributed by atoms with Crippen LogP contribution < -0.4 is 9.47 Å². The van der Waals surface area contributed by atoms with E-state index >= 15 is 0 Å². The van der Waals surface area contributed by atoms with Crippen molar-refractivity contribution in [1.29, 1.82) is 0 Å². The molecule has 0 spiro atoms. The van der Waals surface area contributed by atoms with Gasteiger partial charge in [-0.25, -0.2) is 0 Å². The molecule has 1 aliphatic rings. The molecule has 1 aliphatic heterocycles. The van der Waals surface area contributed by atoms with E-state index in [0.29, 0.717) is 11.5 Å². The maximum Gasteiger partial charge on any atom is 0.203 e. The Morgan fingerprint density at radius 3 is 2.75 bits per heavy atom. The van der Waals surface area contributed by atoms with Crippen LogP contribution in [0.3, 0.4) is 0 Å². The zero-order valence-corrected chi connectivity index (χ0v) is 10.1. The molecule has 0 bridgehead atoms. The molecule has 0 saturated carbocycles. The molecule has 16 heavy (non-hydrogen) atoms. The lowest BCUT2D eigenvalue weighted by Crippen LogP contribution is -2.22. The number of hydrogen-bond donors (Lipinski definition) is 1. The van der Waals surface area contributed by atoms with Gasteiger partial charge in [0.25, 0.3) is 0 Å². The lowest BCUT2D eigenvalue weighted by molar-refractivity contribution is 0.177. The summed E-state index contributed by atoms with van der Waals surface area (Å²) in [5.41, 5.74) is 0. The van der Waals surface area contributed by atoms with Gasteiger partial charge in [-0.1, -0.05) is 6.07 Å². The molecule has 1 aromatic rings. The van der Waals surface area contributed by atoms with Crippen molar-refractivity contribution in [3.63, 3.8) is 0 Å². The molecule has 0 aliphatic carbocycles. The largest absolute Gasteiger partial charge is 0.504 e. The Labute approximate surface area is 99.8 Å². The van der Waals surface area contributed by atoms with Crippen molar-refractivity contribution in [2.75, 3.05) is 18.6 Å². The maximum atomic E-state index is 9.74. The summed E-state index contributed by atoms with van der Waals surface area (Å²) in [4.78, 5) is 0. The first kappa shape index (κ1) is 11.5. The van der Waals surface area contributed by atoms with E-state index in [1.54, 1.807) is 25.3 Å². The number of methoxy groups -OCH3 is 1. The highest BCUT2D eigenvalue weighted by molar-refractivity contribution is 7.99. The molecule has 1 aromatic carbocycles. The van der Waals surface area contributed by atoms with Crippen LogP contribution in [0.4, 0.5) is 0 Å². The molecule has 1 N–H and O–H groups in total. The highest BCUT2D eigenvalue weighted by Crippen LogP contribution is 2.38. The first-order valence-corrected chi connectivity index (χ1v) is 6.57. The van der Waals surface area contributed by atoms with Crippen molar-refractivity contribution in [1.82, 2.24) is 0 Å². The Hall–Kier alpha value is -1.03. The Morgan fingerprint density at radius 1 is 1.31 bits per heavy atom. The van der Waals surface area contributed by atoms with Crippen molar-refractivity contribution in [2.24, 2.45) is 0 Å². The van der Waals surface area contributed by atoms with Crippen LogP contribution in [0.2, 0.25) is 0 Å². The van der Waals surface area contributed by atoms with E-state index < -0.39 is 0 Å². The van der Waals surface area contributed by atoms with Gasteiger partial charge in [0.15, 0.2) is 11.5 Å². The molecular formula is C12H16O3S. The molecule has 2 rings (SSSR count). The van der Waals surface area contributed by atoms with Crippen molar-refractivity contribution in [2.45, 2.75) is 18.9 Å². The highest BCUT2D eigenvalue weighted by atomic mass is 32.2. The number of hydrogen-bond acceptors (Lipinski definition) is 4. The van der Waals surface area contributed by atoms with Gasteiger partial charge in [0, 0.05) is 0 Å². The zero-order valence-electron chi connectivity index (χ0n) is 9.31. The summed E-state index contributed by atoms with van der Waals surface area (Å²) in [5.74, 6) is 3.47. The lowest BCUT2D eigenvalue weighted by atomic mass is 10.2. The third-order valence-electron chi connectivity index (χ3n) is 2.63. The van der Waals surface area contributed by atoms with Crippen LogP contribution in [0.5, 0.6) is 17.2 Å². The van der Waals surface area contributed by atoms with Gasteiger partial charge in [-0.15, -0.1) is 0 Å². The van der Waals surface area contributed by atoms with Gasteiger partial charge in [0.05, 0.1) is 7.11 Å². The van der Waals surface area contributed by atoms with Crippen LogP contribution in [-0.2, 0) is 0 Å². The minimum Gasteiger partial charge on any atom is -0.504 e. The van der Waals surface area contributed by atoms with Crippen molar-refractivity contribution < 1.29 is 14.6 Å². The van der Waals surface area contributed by atoms with Gasteiger partial charge in [0.2, 0.25) is 5.75 Å². The van der Waals surface area contributed by atoms with Gasteiger partial charge < -0.3 is 14.6 Å². The Bertz CT molecular complexity index is 348. The molecule has 88 valence electrons. The van der Waals surface area contributed by atoms with Crippen molar-refractivity contribution >= 4 is 11.8 Å². The van der Waals surface area contributed by atoms with Crippen LogP contribution in [0.1, 0.15) is 12.8 Å². The second-order valence-corrected chi connectivity index (χ2v) is 4.96. The van der Waals surface area contributed by atoms with Gasteiger partial charge in [-0.05, 0) is 36.5 Å². The Kier molecular flexibility index (Phi) is 3.83. The van der Waals surface area contributed by atoms with Crippen LogP contribution in [0.15, 0.2) is 18.2 Å². The van der Waals surface area contributed by atoms with Crippen LogP contribution in [0.25, 0.3) is 0 Å². The molecule has 4 heteroatoms. The van der Waals surface area contributed by atoms with E-state index in [1.807, 2.05) is 11.8 Å². The first-order chi connectivity index (χ1) is 7.81. The average Bonchev–Trinajstić information content (AvgIpc) is 2.33. The number of benzene rings is 1. The second kappa shape index (κ2) is 5.34. The fourth-order valence-electron chi connectivity index (χ4n) is 1.74. The maximum absolute atomic E-state index is 9.74. The van der Waals surface area contributed by atoms with E-state index in [2.05, 4.69) is 0 Å². The summed E-state index contributed by atoms with van der Waals surface area (Å²) < 4.78 is 11.0. The smallest absolute Gasteiger partial charge is 0.203 e. The molecule has 1 heterocycles. The van der Waals surface area contributed by atoms with Crippen molar-refractivity contribution in [3.05, 3.63) is 18.2 Å². The number of ether oxygens (including phenoxy) is 2. The molecular weight excluding hydrogens is 224 g/mol. The number of aromatic hydroxyl groups is 1. The first-order valence-electron chi connectivity index (χ1n) is 5.41. The van der Waals surface area contributed by atoms with Gasteiger partial charge in [-0.3, -0.25) is 0 Å². The fraction of sp³-hybridized carbons (Fsp3) is 0.500. The van der Waals surface area contributed by atoms with E-state index in [1.165, 1.54) is 0 Å². The molecule has 0 radical (unpaired) electrons. The monoisotopic (exact) mass is 240 g/mol. The Balaban J connectivity index is 2.12. The summed E-state index contributed by atoms with van der Waals surface area (Å²) in [6, 6.07) is 5.17. The number of phenolic OH excluding ortho intramolecular Hbond substituents is 1. The normalized spacial score (nSPS) is 17.1. The SMILES string of the molecule is COc1cccc(O)c1OC1CCSCC1. The number of para-hydroxylation sites is 1. The molecule has 1 saturated heterocycles. The molecule has 3 nitrogen and oxygen atoms in total. The van der Waals surface area contributed by atoms with Gasteiger partial charge in [-0.2, -0.15) is 11.8 Å². The molecule has 0 aromatic heterocycles. The quantitative estimate of drug-likeness (QED) is 0.881. The fourth-order valence-corrected chi connectivity index (χ4v) is 2.81. The van der Waals surface area contributed by atoms with E-state index in [-0.39, 0.29) is 11.9 Å². The van der Waals surface area contributed by atoms with Crippen LogP contribution in [0, 0.1) is 0 Å². The summed E-state index contributed by atoms with van der Waals surface area (Å²) in [5, 5.41) is 9.74. The minimum atomic E-state index is 0.151. The lowest BCUT2D eigenvalue weighted by Gasteiger charge is -2.24. The van der Waals surface area contributed by atoms with Crippen LogP contribution >= 0.6 is 11.8 Å². The summed E-state index contributed by atoms with van der Waals surface area (Å²) in [6.07, 6.45) is 2.26. The molecule has 0 amide bonds. The van der Waals surface area contributed by atoms with Gasteiger partial charge >= 0.3 is 0 Å². The number of phenols is 1. The van der Waals surface area contributed by atoms with E-state index in [4.69, 9.17) is 9.47 Å². The molecule has 0 atom stereocenters. The Morgan fingerprint density at radius 2 is 2.06 bits per heavy atom. The second-order valence-electron chi connectivity index (χ2n) is 3.74. The number of rotatable bonds is 3. The van der Waals surface area contributed by atoms with Gasteiger partial charge in [0.1, 0.15) is 6.10 Å². The third-order valence-corrected chi connectivity index (χ3v) is 3.68. The molecule has 1 fully saturated rings. The van der Waals surface area contributed by atoms with E-state index in [0.717, 1.165) is 24.3 Å². The highest BCUT2D eigenvalue weighted by Gasteiger charge is 2.19. The third kappa shape index (κ3) is 2.55. The topological polar surface area (TPSA) is 38.7 Å². The van der Waals surface area contributed by atoms with Crippen LogP contribution in [-0.4, -0.2) is 29.8 Å². The van der Waals surface area contributed by atoms with Crippen molar-refractivity contribution in [3.8, 4) is 17.2 Å². The summed E-state index contributed by atoms with van der Waals surface area (Å²) >= 11 is 1.95. The molecule has 0 unspecified atom stereocenters.